The van der Waals surface area contributed by atoms with Crippen molar-refractivity contribution < 1.29 is 4.79 Å². The van der Waals surface area contributed by atoms with E-state index in [0.717, 1.165) is 6.42 Å². The van der Waals surface area contributed by atoms with E-state index < -0.39 is 0 Å². The van der Waals surface area contributed by atoms with E-state index in [0.29, 0.717) is 5.56 Å². The van der Waals surface area contributed by atoms with E-state index in [1.165, 1.54) is 17.8 Å². The lowest BCUT2D eigenvalue weighted by molar-refractivity contribution is 0.104. The Balaban J connectivity index is 2.85. The quantitative estimate of drug-likeness (QED) is 0.563. The predicted molar refractivity (Wildman–Crippen MR) is 53.5 cm³/mol. The van der Waals surface area contributed by atoms with Crippen LogP contribution in [-0.4, -0.2) is 5.78 Å². The van der Waals surface area contributed by atoms with Crippen molar-refractivity contribution in [2.75, 3.05) is 0 Å². The Labute approximate surface area is 78.1 Å². The van der Waals surface area contributed by atoms with E-state index in [9.17, 15) is 4.79 Å². The molecular formula is C11H13NO. The number of benzene rings is 1. The molecule has 0 spiro atoms. The van der Waals surface area contributed by atoms with Crippen molar-refractivity contribution >= 4 is 5.78 Å². The van der Waals surface area contributed by atoms with Crippen molar-refractivity contribution in [2.45, 2.75) is 13.3 Å². The third kappa shape index (κ3) is 2.44. The van der Waals surface area contributed by atoms with Crippen molar-refractivity contribution in [3.8, 4) is 0 Å². The summed E-state index contributed by atoms with van der Waals surface area (Å²) in [5.41, 5.74) is 7.03. The average Bonchev–Trinajstić information content (AvgIpc) is 2.18. The van der Waals surface area contributed by atoms with Crippen LogP contribution in [0.15, 0.2) is 36.5 Å². The molecule has 0 aromatic heterocycles. The second-order valence-electron chi connectivity index (χ2n) is 2.77. The topological polar surface area (TPSA) is 43.1 Å². The van der Waals surface area contributed by atoms with Gasteiger partial charge in [0.15, 0.2) is 5.78 Å². The fourth-order valence-corrected chi connectivity index (χ4v) is 1.09. The Hall–Kier alpha value is -1.57. The van der Waals surface area contributed by atoms with E-state index in [4.69, 9.17) is 5.73 Å². The summed E-state index contributed by atoms with van der Waals surface area (Å²) in [4.78, 5) is 11.3. The van der Waals surface area contributed by atoms with Gasteiger partial charge in [-0.2, -0.15) is 0 Å². The molecule has 2 nitrogen and oxygen atoms in total. The molecule has 1 aromatic carbocycles. The Morgan fingerprint density at radius 1 is 1.38 bits per heavy atom. The lowest BCUT2D eigenvalue weighted by Crippen LogP contribution is -1.95. The van der Waals surface area contributed by atoms with Crippen LogP contribution in [0.25, 0.3) is 0 Å². The number of aryl methyl sites for hydroxylation is 1. The Bertz CT molecular complexity index is 311. The second-order valence-corrected chi connectivity index (χ2v) is 2.77. The van der Waals surface area contributed by atoms with Gasteiger partial charge in [0.05, 0.1) is 0 Å². The first-order valence-electron chi connectivity index (χ1n) is 4.29. The highest BCUT2D eigenvalue weighted by atomic mass is 16.1. The molecule has 0 unspecified atom stereocenters. The summed E-state index contributed by atoms with van der Waals surface area (Å²) in [5.74, 6) is -0.0508. The number of carbonyl (C=O) groups is 1. The zero-order valence-electron chi connectivity index (χ0n) is 7.66. The predicted octanol–water partition coefficient (Wildman–Crippen LogP) is 1.90. The summed E-state index contributed by atoms with van der Waals surface area (Å²) in [6.07, 6.45) is 3.61. The van der Waals surface area contributed by atoms with Crippen LogP contribution < -0.4 is 5.73 Å². The first kappa shape index (κ1) is 9.52. The van der Waals surface area contributed by atoms with Gasteiger partial charge in [0.2, 0.25) is 0 Å². The summed E-state index contributed by atoms with van der Waals surface area (Å²) in [6.45, 7) is 2.08. The van der Waals surface area contributed by atoms with Crippen LogP contribution in [0.3, 0.4) is 0 Å². The summed E-state index contributed by atoms with van der Waals surface area (Å²) in [7, 11) is 0. The number of ketones is 1. The number of nitrogens with two attached hydrogens (primary N) is 1. The molecule has 0 aliphatic rings. The number of carbonyl (C=O) groups excluding carboxylic acids is 1. The van der Waals surface area contributed by atoms with Crippen LogP contribution in [0.4, 0.5) is 0 Å². The SMILES string of the molecule is CCc1ccc(C(=O)/C=C\N)cc1. The highest BCUT2D eigenvalue weighted by molar-refractivity contribution is 6.04. The van der Waals surface area contributed by atoms with Gasteiger partial charge in [-0.05, 0) is 18.2 Å². The van der Waals surface area contributed by atoms with Gasteiger partial charge in [-0.1, -0.05) is 31.2 Å². The van der Waals surface area contributed by atoms with Gasteiger partial charge in [-0.25, -0.2) is 0 Å². The number of allylic oxidation sites excluding steroid dienone is 1. The van der Waals surface area contributed by atoms with E-state index in [-0.39, 0.29) is 5.78 Å². The number of rotatable bonds is 3. The monoisotopic (exact) mass is 175 g/mol. The molecule has 0 amide bonds. The zero-order chi connectivity index (χ0) is 9.68. The van der Waals surface area contributed by atoms with Gasteiger partial charge >= 0.3 is 0 Å². The first-order chi connectivity index (χ1) is 6.27. The Kier molecular flexibility index (Phi) is 3.26. The Morgan fingerprint density at radius 3 is 2.46 bits per heavy atom. The maximum absolute atomic E-state index is 11.3. The molecule has 68 valence electrons. The van der Waals surface area contributed by atoms with Gasteiger partial charge in [-0.15, -0.1) is 0 Å². The summed E-state index contributed by atoms with van der Waals surface area (Å²) >= 11 is 0. The Morgan fingerprint density at radius 2 is 2.00 bits per heavy atom. The fraction of sp³-hybridized carbons (Fsp3) is 0.182. The van der Waals surface area contributed by atoms with Crippen molar-refractivity contribution in [3.05, 3.63) is 47.7 Å². The highest BCUT2D eigenvalue weighted by Crippen LogP contribution is 2.05. The van der Waals surface area contributed by atoms with E-state index >= 15 is 0 Å². The van der Waals surface area contributed by atoms with Crippen molar-refractivity contribution in [2.24, 2.45) is 5.73 Å². The molecule has 0 radical (unpaired) electrons. The third-order valence-electron chi connectivity index (χ3n) is 1.89. The molecule has 0 bridgehead atoms. The van der Waals surface area contributed by atoms with Crippen molar-refractivity contribution in [1.82, 2.24) is 0 Å². The van der Waals surface area contributed by atoms with Gasteiger partial charge < -0.3 is 5.73 Å². The molecule has 1 rings (SSSR count). The first-order valence-corrected chi connectivity index (χ1v) is 4.29. The van der Waals surface area contributed by atoms with Crippen LogP contribution in [0.2, 0.25) is 0 Å². The van der Waals surface area contributed by atoms with Gasteiger partial charge in [0, 0.05) is 11.6 Å². The highest BCUT2D eigenvalue weighted by Gasteiger charge is 1.99. The van der Waals surface area contributed by atoms with E-state index in [2.05, 4.69) is 6.92 Å². The van der Waals surface area contributed by atoms with Crippen LogP contribution in [0.1, 0.15) is 22.8 Å². The molecule has 0 fully saturated rings. The van der Waals surface area contributed by atoms with Gasteiger partial charge in [0.25, 0.3) is 0 Å². The van der Waals surface area contributed by atoms with Crippen LogP contribution >= 0.6 is 0 Å². The molecule has 2 heteroatoms. The molecule has 0 heterocycles. The zero-order valence-corrected chi connectivity index (χ0v) is 7.66. The molecule has 0 saturated carbocycles. The standard InChI is InChI=1S/C11H13NO/c1-2-9-3-5-10(6-4-9)11(13)7-8-12/h3-8H,2,12H2,1H3/b8-7-. The molecule has 2 N–H and O–H groups in total. The van der Waals surface area contributed by atoms with Crippen molar-refractivity contribution in [3.63, 3.8) is 0 Å². The largest absolute Gasteiger partial charge is 0.404 e. The van der Waals surface area contributed by atoms with Gasteiger partial charge in [-0.3, -0.25) is 4.79 Å². The third-order valence-corrected chi connectivity index (χ3v) is 1.89. The average molecular weight is 175 g/mol. The van der Waals surface area contributed by atoms with Crippen molar-refractivity contribution in [1.29, 1.82) is 0 Å². The smallest absolute Gasteiger partial charge is 0.187 e. The molecule has 0 atom stereocenters. The molecule has 0 saturated heterocycles. The molecule has 1 aromatic rings. The van der Waals surface area contributed by atoms with Crippen LogP contribution in [-0.2, 0) is 6.42 Å². The number of hydrogen-bond acceptors (Lipinski definition) is 2. The maximum atomic E-state index is 11.3. The molecule has 13 heavy (non-hydrogen) atoms. The molecule has 0 aliphatic carbocycles. The fourth-order valence-electron chi connectivity index (χ4n) is 1.09. The minimum absolute atomic E-state index is 0.0508. The minimum atomic E-state index is -0.0508. The summed E-state index contributed by atoms with van der Waals surface area (Å²) < 4.78 is 0. The normalized spacial score (nSPS) is 10.5. The van der Waals surface area contributed by atoms with E-state index in [1.807, 2.05) is 24.3 Å². The van der Waals surface area contributed by atoms with Gasteiger partial charge in [0.1, 0.15) is 0 Å². The second kappa shape index (κ2) is 4.45. The lowest BCUT2D eigenvalue weighted by Gasteiger charge is -1.97. The summed E-state index contributed by atoms with van der Waals surface area (Å²) in [5, 5.41) is 0. The maximum Gasteiger partial charge on any atom is 0.187 e. The minimum Gasteiger partial charge on any atom is -0.404 e. The van der Waals surface area contributed by atoms with E-state index in [1.54, 1.807) is 0 Å². The lowest BCUT2D eigenvalue weighted by atomic mass is 10.1. The summed E-state index contributed by atoms with van der Waals surface area (Å²) in [6, 6.07) is 7.55. The molecule has 0 aliphatic heterocycles. The number of hydrogen-bond donors (Lipinski definition) is 1. The van der Waals surface area contributed by atoms with Crippen LogP contribution in [0, 0.1) is 0 Å². The van der Waals surface area contributed by atoms with Crippen LogP contribution in [0.5, 0.6) is 0 Å². The molecular weight excluding hydrogens is 162 g/mol.